The molecule has 3 aromatic heterocycles. The summed E-state index contributed by atoms with van der Waals surface area (Å²) in [5.74, 6) is -2.57. The van der Waals surface area contributed by atoms with Crippen LogP contribution in [0.2, 0.25) is 0 Å². The van der Waals surface area contributed by atoms with Crippen molar-refractivity contribution in [1.82, 2.24) is 9.97 Å². The summed E-state index contributed by atoms with van der Waals surface area (Å²) in [7, 11) is 1.17. The van der Waals surface area contributed by atoms with Crippen molar-refractivity contribution in [1.29, 1.82) is 0 Å². The van der Waals surface area contributed by atoms with E-state index in [1.54, 1.807) is 17.5 Å². The number of esters is 1. The number of thiophene rings is 2. The first-order chi connectivity index (χ1) is 15.5. The minimum atomic E-state index is -4.69. The van der Waals surface area contributed by atoms with E-state index in [0.717, 1.165) is 17.4 Å². The SMILES string of the molecule is COC(=O)c1sc(NC(=O)CSc2nc(-c3cccs3)cc(C(F)(F)F)n2)c(C(N)=O)c1C. The average Bonchev–Trinajstić information content (AvgIpc) is 3.39. The van der Waals surface area contributed by atoms with E-state index in [-0.39, 0.29) is 37.6 Å². The van der Waals surface area contributed by atoms with Gasteiger partial charge >= 0.3 is 12.1 Å². The molecule has 0 aliphatic rings. The number of methoxy groups -OCH3 is 1. The number of aromatic nitrogens is 2. The number of nitrogens with zero attached hydrogens (tertiary/aromatic N) is 2. The second kappa shape index (κ2) is 9.89. The van der Waals surface area contributed by atoms with Gasteiger partial charge in [-0.25, -0.2) is 14.8 Å². The monoisotopic (exact) mass is 516 g/mol. The maximum atomic E-state index is 13.3. The van der Waals surface area contributed by atoms with Crippen molar-refractivity contribution in [3.05, 3.63) is 45.3 Å². The van der Waals surface area contributed by atoms with Gasteiger partial charge in [0.1, 0.15) is 15.6 Å². The smallest absolute Gasteiger partial charge is 0.433 e. The molecule has 174 valence electrons. The topological polar surface area (TPSA) is 124 Å². The van der Waals surface area contributed by atoms with Crippen molar-refractivity contribution >= 4 is 57.2 Å². The van der Waals surface area contributed by atoms with E-state index < -0.39 is 29.7 Å². The van der Waals surface area contributed by atoms with Crippen molar-refractivity contribution in [2.75, 3.05) is 18.2 Å². The van der Waals surface area contributed by atoms with Crippen LogP contribution < -0.4 is 11.1 Å². The molecule has 33 heavy (non-hydrogen) atoms. The molecule has 0 radical (unpaired) electrons. The van der Waals surface area contributed by atoms with Crippen LogP contribution in [-0.4, -0.2) is 40.6 Å². The van der Waals surface area contributed by atoms with Gasteiger partial charge in [-0.1, -0.05) is 17.8 Å². The summed E-state index contributed by atoms with van der Waals surface area (Å²) in [4.78, 5) is 44.4. The predicted octanol–water partition coefficient (Wildman–Crippen LogP) is 4.21. The second-order valence-electron chi connectivity index (χ2n) is 6.35. The van der Waals surface area contributed by atoms with E-state index in [9.17, 15) is 27.6 Å². The van der Waals surface area contributed by atoms with Crippen LogP contribution >= 0.6 is 34.4 Å². The molecular weight excluding hydrogens is 501 g/mol. The molecule has 0 aliphatic carbocycles. The summed E-state index contributed by atoms with van der Waals surface area (Å²) in [5, 5.41) is 3.96. The third-order valence-electron chi connectivity index (χ3n) is 4.12. The molecule has 3 aromatic rings. The van der Waals surface area contributed by atoms with E-state index in [1.807, 2.05) is 0 Å². The van der Waals surface area contributed by atoms with Crippen LogP contribution in [0.4, 0.5) is 18.2 Å². The molecule has 0 aliphatic heterocycles. The largest absolute Gasteiger partial charge is 0.465 e. The lowest BCUT2D eigenvalue weighted by Gasteiger charge is -2.10. The molecule has 0 bridgehead atoms. The highest BCUT2D eigenvalue weighted by Gasteiger charge is 2.34. The molecule has 3 rings (SSSR count). The lowest BCUT2D eigenvalue weighted by atomic mass is 10.1. The molecule has 2 amide bonds. The number of nitrogens with one attached hydrogen (secondary N) is 1. The van der Waals surface area contributed by atoms with Gasteiger partial charge in [0.25, 0.3) is 5.91 Å². The van der Waals surface area contributed by atoms with E-state index in [0.29, 0.717) is 16.6 Å². The molecular formula is C19H15F3N4O4S3. The molecule has 0 unspecified atom stereocenters. The fourth-order valence-electron chi connectivity index (χ4n) is 2.66. The molecule has 3 heterocycles. The fraction of sp³-hybridized carbons (Fsp3) is 0.211. The highest BCUT2D eigenvalue weighted by Crippen LogP contribution is 2.35. The van der Waals surface area contributed by atoms with Gasteiger partial charge in [-0.05, 0) is 30.0 Å². The Labute approximate surface area is 197 Å². The Balaban J connectivity index is 1.81. The van der Waals surface area contributed by atoms with E-state index in [1.165, 1.54) is 25.4 Å². The standard InChI is InChI=1S/C19H15F3N4O4S3/c1-8-13(15(23)28)16(33-14(8)17(29)30-2)26-12(27)7-32-18-24-9(10-4-3-5-31-10)6-11(25-18)19(20,21)22/h3-6H,7H2,1-2H3,(H2,23,28)(H,26,27). The molecule has 0 saturated heterocycles. The molecule has 0 saturated carbocycles. The quantitative estimate of drug-likeness (QED) is 0.274. The van der Waals surface area contributed by atoms with Gasteiger partial charge in [-0.2, -0.15) is 13.2 Å². The second-order valence-corrected chi connectivity index (χ2v) is 9.26. The molecule has 0 fully saturated rings. The summed E-state index contributed by atoms with van der Waals surface area (Å²) in [6.45, 7) is 1.48. The van der Waals surface area contributed by atoms with Gasteiger partial charge < -0.3 is 15.8 Å². The predicted molar refractivity (Wildman–Crippen MR) is 119 cm³/mol. The highest BCUT2D eigenvalue weighted by atomic mass is 32.2. The van der Waals surface area contributed by atoms with E-state index in [4.69, 9.17) is 5.73 Å². The number of amides is 2. The molecule has 8 nitrogen and oxygen atoms in total. The lowest BCUT2D eigenvalue weighted by molar-refractivity contribution is -0.141. The Hall–Kier alpha value is -2.97. The number of primary amides is 1. The number of nitrogens with two attached hydrogens (primary N) is 1. The number of hydrogen-bond acceptors (Lipinski definition) is 9. The van der Waals surface area contributed by atoms with Gasteiger partial charge in [-0.3, -0.25) is 9.59 Å². The minimum absolute atomic E-state index is 0.0373. The lowest BCUT2D eigenvalue weighted by Crippen LogP contribution is -2.19. The molecule has 0 aromatic carbocycles. The van der Waals surface area contributed by atoms with Crippen molar-refractivity contribution in [3.8, 4) is 10.6 Å². The third kappa shape index (κ3) is 5.69. The van der Waals surface area contributed by atoms with Crippen LogP contribution in [0.3, 0.4) is 0 Å². The molecule has 3 N–H and O–H groups in total. The van der Waals surface area contributed by atoms with Crippen molar-refractivity contribution in [3.63, 3.8) is 0 Å². The first-order valence-corrected chi connectivity index (χ1v) is 11.6. The number of anilines is 1. The number of ether oxygens (including phenoxy) is 1. The van der Waals surface area contributed by atoms with Crippen LogP contribution in [0.5, 0.6) is 0 Å². The van der Waals surface area contributed by atoms with Gasteiger partial charge in [-0.15, -0.1) is 22.7 Å². The molecule has 0 atom stereocenters. The number of rotatable bonds is 7. The van der Waals surface area contributed by atoms with E-state index >= 15 is 0 Å². The van der Waals surface area contributed by atoms with Crippen molar-refractivity contribution in [2.45, 2.75) is 18.3 Å². The number of thioether (sulfide) groups is 1. The highest BCUT2D eigenvalue weighted by molar-refractivity contribution is 7.99. The number of halogens is 3. The number of hydrogen-bond donors (Lipinski definition) is 2. The Morgan fingerprint density at radius 3 is 2.58 bits per heavy atom. The summed E-state index contributed by atoms with van der Waals surface area (Å²) in [5.41, 5.74) is 4.53. The zero-order chi connectivity index (χ0) is 24.3. The van der Waals surface area contributed by atoms with Crippen LogP contribution in [0.25, 0.3) is 10.6 Å². The average molecular weight is 517 g/mol. The molecule has 0 spiro atoms. The van der Waals surface area contributed by atoms with Crippen LogP contribution in [0, 0.1) is 6.92 Å². The first-order valence-electron chi connectivity index (χ1n) is 8.95. The number of alkyl halides is 3. The van der Waals surface area contributed by atoms with Crippen molar-refractivity contribution in [2.24, 2.45) is 5.73 Å². The van der Waals surface area contributed by atoms with E-state index in [2.05, 4.69) is 20.0 Å². The normalized spacial score (nSPS) is 11.3. The Morgan fingerprint density at radius 1 is 1.27 bits per heavy atom. The summed E-state index contributed by atoms with van der Waals surface area (Å²) < 4.78 is 44.5. The zero-order valence-electron chi connectivity index (χ0n) is 17.0. The third-order valence-corrected chi connectivity index (χ3v) is 7.05. The van der Waals surface area contributed by atoms with Crippen LogP contribution in [0.1, 0.15) is 31.3 Å². The summed E-state index contributed by atoms with van der Waals surface area (Å²) in [6, 6.07) is 4.15. The summed E-state index contributed by atoms with van der Waals surface area (Å²) in [6.07, 6.45) is -4.69. The summed E-state index contributed by atoms with van der Waals surface area (Å²) >= 11 is 2.72. The Morgan fingerprint density at radius 2 is 2.00 bits per heavy atom. The molecule has 14 heteroatoms. The Kier molecular flexibility index (Phi) is 7.39. The van der Waals surface area contributed by atoms with Gasteiger partial charge in [0.05, 0.1) is 29.0 Å². The van der Waals surface area contributed by atoms with Crippen molar-refractivity contribution < 1.29 is 32.3 Å². The Bertz CT molecular complexity index is 1210. The van der Waals surface area contributed by atoms with Crippen LogP contribution in [0.15, 0.2) is 28.7 Å². The van der Waals surface area contributed by atoms with Gasteiger partial charge in [0.2, 0.25) is 5.91 Å². The maximum absolute atomic E-state index is 13.3. The van der Waals surface area contributed by atoms with Gasteiger partial charge in [0.15, 0.2) is 5.16 Å². The number of carbonyl (C=O) groups excluding carboxylic acids is 3. The fourth-order valence-corrected chi connectivity index (χ4v) is 5.15. The minimum Gasteiger partial charge on any atom is -0.465 e. The maximum Gasteiger partial charge on any atom is 0.433 e. The number of carbonyl (C=O) groups is 3. The van der Waals surface area contributed by atoms with Crippen LogP contribution in [-0.2, 0) is 15.7 Å². The van der Waals surface area contributed by atoms with Gasteiger partial charge in [0, 0.05) is 0 Å². The zero-order valence-corrected chi connectivity index (χ0v) is 19.4. The first kappa shape index (κ1) is 24.7.